The van der Waals surface area contributed by atoms with Crippen molar-refractivity contribution >= 4 is 11.8 Å². The van der Waals surface area contributed by atoms with Gasteiger partial charge in [0.15, 0.2) is 0 Å². The number of rotatable bonds is 7. The summed E-state index contributed by atoms with van der Waals surface area (Å²) in [4.78, 5) is 24.0. The van der Waals surface area contributed by atoms with Gasteiger partial charge in [0, 0.05) is 24.9 Å². The Labute approximate surface area is 143 Å². The third-order valence-corrected chi connectivity index (χ3v) is 4.65. The molecular formula is C19H28N2O3. The van der Waals surface area contributed by atoms with Crippen molar-refractivity contribution in [1.82, 2.24) is 10.6 Å². The number of nitrogens with one attached hydrogen (secondary N) is 2. The topological polar surface area (TPSA) is 78.4 Å². The first-order chi connectivity index (χ1) is 11.5. The first-order valence-corrected chi connectivity index (χ1v) is 8.78. The van der Waals surface area contributed by atoms with E-state index in [0.29, 0.717) is 0 Å². The van der Waals surface area contributed by atoms with Gasteiger partial charge in [-0.1, -0.05) is 37.1 Å². The number of hydrogen-bond acceptors (Lipinski definition) is 3. The molecule has 2 rings (SSSR count). The number of hydrogen-bond donors (Lipinski definition) is 3. The van der Waals surface area contributed by atoms with E-state index in [9.17, 15) is 14.7 Å². The maximum Gasteiger partial charge on any atom is 0.223 e. The van der Waals surface area contributed by atoms with Gasteiger partial charge < -0.3 is 15.7 Å². The van der Waals surface area contributed by atoms with Gasteiger partial charge in [-0.2, -0.15) is 0 Å². The predicted octanol–water partition coefficient (Wildman–Crippen LogP) is 2.23. The molecule has 0 heterocycles. The lowest BCUT2D eigenvalue weighted by Crippen LogP contribution is -2.40. The number of aliphatic hydroxyl groups is 1. The number of carbonyl (C=O) groups excluding carboxylic acids is 2. The summed E-state index contributed by atoms with van der Waals surface area (Å²) < 4.78 is 0. The molecule has 1 aromatic rings. The van der Waals surface area contributed by atoms with Crippen molar-refractivity contribution in [3.63, 3.8) is 0 Å². The zero-order valence-electron chi connectivity index (χ0n) is 14.5. The van der Waals surface area contributed by atoms with Crippen molar-refractivity contribution < 1.29 is 14.7 Å². The van der Waals surface area contributed by atoms with Crippen LogP contribution in [0.15, 0.2) is 24.3 Å². The SMILES string of the molecule is Cc1ccccc1C(O)CNC(=O)CC(C)NC(=O)C1CCCC1. The van der Waals surface area contributed by atoms with E-state index in [1.807, 2.05) is 38.1 Å². The highest BCUT2D eigenvalue weighted by atomic mass is 16.3. The van der Waals surface area contributed by atoms with E-state index >= 15 is 0 Å². The molecular weight excluding hydrogens is 304 g/mol. The van der Waals surface area contributed by atoms with E-state index < -0.39 is 6.10 Å². The smallest absolute Gasteiger partial charge is 0.223 e. The van der Waals surface area contributed by atoms with Crippen LogP contribution < -0.4 is 10.6 Å². The average Bonchev–Trinajstić information content (AvgIpc) is 3.07. The molecule has 1 aromatic carbocycles. The molecule has 0 radical (unpaired) electrons. The van der Waals surface area contributed by atoms with Crippen molar-refractivity contribution in [3.8, 4) is 0 Å². The summed E-state index contributed by atoms with van der Waals surface area (Å²) in [6, 6.07) is 7.37. The minimum atomic E-state index is -0.724. The molecule has 0 spiro atoms. The van der Waals surface area contributed by atoms with Gasteiger partial charge in [0.2, 0.25) is 11.8 Å². The highest BCUT2D eigenvalue weighted by Gasteiger charge is 2.24. The second-order valence-electron chi connectivity index (χ2n) is 6.77. The zero-order chi connectivity index (χ0) is 17.5. The van der Waals surface area contributed by atoms with Crippen LogP contribution in [0.1, 0.15) is 56.3 Å². The van der Waals surface area contributed by atoms with Crippen molar-refractivity contribution in [2.75, 3.05) is 6.54 Å². The number of benzene rings is 1. The van der Waals surface area contributed by atoms with Crippen molar-refractivity contribution in [2.24, 2.45) is 5.92 Å². The molecule has 1 fully saturated rings. The lowest BCUT2D eigenvalue weighted by atomic mass is 10.0. The van der Waals surface area contributed by atoms with Crippen molar-refractivity contribution in [2.45, 2.75) is 58.1 Å². The lowest BCUT2D eigenvalue weighted by Gasteiger charge is -2.18. The Morgan fingerprint density at radius 2 is 1.92 bits per heavy atom. The zero-order valence-corrected chi connectivity index (χ0v) is 14.5. The van der Waals surface area contributed by atoms with Crippen LogP contribution in [-0.2, 0) is 9.59 Å². The van der Waals surface area contributed by atoms with E-state index in [1.165, 1.54) is 0 Å². The van der Waals surface area contributed by atoms with E-state index in [1.54, 1.807) is 0 Å². The first kappa shape index (κ1) is 18.5. The molecule has 5 nitrogen and oxygen atoms in total. The molecule has 1 saturated carbocycles. The Morgan fingerprint density at radius 1 is 1.25 bits per heavy atom. The highest BCUT2D eigenvalue weighted by molar-refractivity contribution is 5.81. The molecule has 2 amide bonds. The quantitative estimate of drug-likeness (QED) is 0.716. The first-order valence-electron chi connectivity index (χ1n) is 8.78. The van der Waals surface area contributed by atoms with Gasteiger partial charge in [-0.15, -0.1) is 0 Å². The Balaban J connectivity index is 1.72. The Kier molecular flexibility index (Phi) is 6.79. The number of carbonyl (C=O) groups is 2. The molecule has 0 aromatic heterocycles. The summed E-state index contributed by atoms with van der Waals surface area (Å²) >= 11 is 0. The number of amides is 2. The van der Waals surface area contributed by atoms with E-state index in [0.717, 1.165) is 36.8 Å². The van der Waals surface area contributed by atoms with Gasteiger partial charge in [-0.3, -0.25) is 9.59 Å². The van der Waals surface area contributed by atoms with Crippen molar-refractivity contribution in [1.29, 1.82) is 0 Å². The Morgan fingerprint density at radius 3 is 2.58 bits per heavy atom. The summed E-state index contributed by atoms with van der Waals surface area (Å²) in [5, 5.41) is 15.8. The second-order valence-corrected chi connectivity index (χ2v) is 6.77. The van der Waals surface area contributed by atoms with Gasteiger partial charge >= 0.3 is 0 Å². The molecule has 5 heteroatoms. The number of aliphatic hydroxyl groups excluding tert-OH is 1. The summed E-state index contributed by atoms with van der Waals surface area (Å²) in [5.74, 6) is 0.00740. The summed E-state index contributed by atoms with van der Waals surface area (Å²) in [6.07, 6.45) is 3.63. The van der Waals surface area contributed by atoms with E-state index in [4.69, 9.17) is 0 Å². The molecule has 1 aliphatic carbocycles. The minimum Gasteiger partial charge on any atom is -0.387 e. The standard InChI is InChI=1S/C19H28N2O3/c1-13-7-3-6-10-16(13)17(22)12-20-18(23)11-14(2)21-19(24)15-8-4-5-9-15/h3,6-7,10,14-15,17,22H,4-5,8-9,11-12H2,1-2H3,(H,20,23)(H,21,24). The van der Waals surface area contributed by atoms with Gasteiger partial charge in [-0.05, 0) is 37.8 Å². The molecule has 0 aliphatic heterocycles. The fourth-order valence-corrected chi connectivity index (χ4v) is 3.23. The van der Waals surface area contributed by atoms with Crippen LogP contribution in [-0.4, -0.2) is 29.5 Å². The van der Waals surface area contributed by atoms with Gasteiger partial charge in [0.05, 0.1) is 6.10 Å². The largest absolute Gasteiger partial charge is 0.387 e. The average molecular weight is 332 g/mol. The maximum absolute atomic E-state index is 12.0. The third kappa shape index (κ3) is 5.34. The minimum absolute atomic E-state index is 0.0627. The summed E-state index contributed by atoms with van der Waals surface area (Å²) in [7, 11) is 0. The van der Waals surface area contributed by atoms with Crippen LogP contribution >= 0.6 is 0 Å². The molecule has 1 aliphatic rings. The second kappa shape index (κ2) is 8.83. The normalized spacial score (nSPS) is 17.3. The fourth-order valence-electron chi connectivity index (χ4n) is 3.23. The molecule has 24 heavy (non-hydrogen) atoms. The van der Waals surface area contributed by atoms with E-state index in [-0.39, 0.29) is 36.7 Å². The molecule has 132 valence electrons. The van der Waals surface area contributed by atoms with Crippen LogP contribution in [0.5, 0.6) is 0 Å². The highest BCUT2D eigenvalue weighted by Crippen LogP contribution is 2.24. The summed E-state index contributed by atoms with van der Waals surface area (Å²) in [6.45, 7) is 3.94. The third-order valence-electron chi connectivity index (χ3n) is 4.65. The Bertz CT molecular complexity index is 567. The maximum atomic E-state index is 12.0. The molecule has 2 unspecified atom stereocenters. The fraction of sp³-hybridized carbons (Fsp3) is 0.579. The molecule has 0 saturated heterocycles. The van der Waals surface area contributed by atoms with Crippen LogP contribution in [0.25, 0.3) is 0 Å². The van der Waals surface area contributed by atoms with Crippen LogP contribution in [0.4, 0.5) is 0 Å². The van der Waals surface area contributed by atoms with Gasteiger partial charge in [-0.25, -0.2) is 0 Å². The van der Waals surface area contributed by atoms with Crippen LogP contribution in [0.3, 0.4) is 0 Å². The summed E-state index contributed by atoms with van der Waals surface area (Å²) in [5.41, 5.74) is 1.82. The molecule has 0 bridgehead atoms. The lowest BCUT2D eigenvalue weighted by molar-refractivity contribution is -0.126. The molecule has 3 N–H and O–H groups in total. The van der Waals surface area contributed by atoms with Gasteiger partial charge in [0.1, 0.15) is 0 Å². The van der Waals surface area contributed by atoms with Crippen LogP contribution in [0.2, 0.25) is 0 Å². The van der Waals surface area contributed by atoms with Crippen molar-refractivity contribution in [3.05, 3.63) is 35.4 Å². The van der Waals surface area contributed by atoms with E-state index in [2.05, 4.69) is 10.6 Å². The number of aryl methyl sites for hydroxylation is 1. The molecule has 2 atom stereocenters. The predicted molar refractivity (Wildman–Crippen MR) is 93.3 cm³/mol. The monoisotopic (exact) mass is 332 g/mol. The van der Waals surface area contributed by atoms with Gasteiger partial charge in [0.25, 0.3) is 0 Å². The Hall–Kier alpha value is -1.88. The van der Waals surface area contributed by atoms with Crippen LogP contribution in [0, 0.1) is 12.8 Å².